The molecular formula is C14H11PS. The van der Waals surface area contributed by atoms with Crippen molar-refractivity contribution >= 4 is 46.1 Å². The van der Waals surface area contributed by atoms with Crippen LogP contribution in [0.15, 0.2) is 49.0 Å². The fourth-order valence-corrected chi connectivity index (χ4v) is 3.41. The molecule has 0 amide bonds. The molecule has 0 aliphatic heterocycles. The molecule has 1 atom stereocenters. The molecule has 1 unspecified atom stereocenters. The first-order valence-electron chi connectivity index (χ1n) is 5.12. The van der Waals surface area contributed by atoms with Crippen LogP contribution in [0.4, 0.5) is 0 Å². The van der Waals surface area contributed by atoms with Gasteiger partial charge < -0.3 is 0 Å². The Morgan fingerprint density at radius 2 is 1.75 bits per heavy atom. The van der Waals surface area contributed by atoms with Gasteiger partial charge in [-0.25, -0.2) is 0 Å². The molecule has 1 heterocycles. The lowest BCUT2D eigenvalue weighted by Crippen LogP contribution is -1.76. The van der Waals surface area contributed by atoms with E-state index in [9.17, 15) is 0 Å². The normalized spacial score (nSPS) is 11.1. The molecule has 0 nitrogen and oxygen atoms in total. The molecule has 0 saturated heterocycles. The van der Waals surface area contributed by atoms with Crippen molar-refractivity contribution in [2.45, 2.75) is 0 Å². The van der Waals surface area contributed by atoms with Gasteiger partial charge in [0.2, 0.25) is 0 Å². The zero-order valence-corrected chi connectivity index (χ0v) is 10.7. The molecule has 0 radical (unpaired) electrons. The number of benzene rings is 2. The smallest absolute Gasteiger partial charge is 0.0361 e. The first-order valence-corrected chi connectivity index (χ1v) is 6.52. The molecule has 3 rings (SSSR count). The van der Waals surface area contributed by atoms with Crippen LogP contribution in [-0.2, 0) is 0 Å². The summed E-state index contributed by atoms with van der Waals surface area (Å²) in [5, 5.41) is 3.72. The molecule has 0 spiro atoms. The standard InChI is InChI=1S/C14H11PS/c1-9(15)10-6-4-8-13-14(10)11-5-2-3-7-12(11)16-13/h2-8H,1,15H2. The first-order chi connectivity index (χ1) is 7.77. The summed E-state index contributed by atoms with van der Waals surface area (Å²) in [6, 6.07) is 15.0. The second kappa shape index (κ2) is 3.69. The van der Waals surface area contributed by atoms with Crippen LogP contribution in [0.2, 0.25) is 0 Å². The van der Waals surface area contributed by atoms with Crippen LogP contribution in [0.1, 0.15) is 5.56 Å². The summed E-state index contributed by atoms with van der Waals surface area (Å²) < 4.78 is 2.68. The Hall–Kier alpha value is -1.17. The zero-order chi connectivity index (χ0) is 11.1. The fourth-order valence-electron chi connectivity index (χ4n) is 2.04. The van der Waals surface area contributed by atoms with Gasteiger partial charge in [-0.2, -0.15) is 0 Å². The van der Waals surface area contributed by atoms with Gasteiger partial charge in [0, 0.05) is 20.2 Å². The Bertz CT molecular complexity index is 694. The Morgan fingerprint density at radius 1 is 1.00 bits per heavy atom. The van der Waals surface area contributed by atoms with Gasteiger partial charge >= 0.3 is 0 Å². The van der Waals surface area contributed by atoms with E-state index in [4.69, 9.17) is 0 Å². The molecule has 3 aromatic rings. The van der Waals surface area contributed by atoms with Crippen LogP contribution in [0.3, 0.4) is 0 Å². The molecule has 16 heavy (non-hydrogen) atoms. The van der Waals surface area contributed by atoms with E-state index in [1.165, 1.54) is 25.7 Å². The van der Waals surface area contributed by atoms with Gasteiger partial charge in [-0.1, -0.05) is 36.9 Å². The van der Waals surface area contributed by atoms with E-state index in [0.717, 1.165) is 5.31 Å². The highest BCUT2D eigenvalue weighted by molar-refractivity contribution is 7.31. The Morgan fingerprint density at radius 3 is 2.56 bits per heavy atom. The van der Waals surface area contributed by atoms with Crippen molar-refractivity contribution in [3.05, 3.63) is 54.6 Å². The van der Waals surface area contributed by atoms with Crippen LogP contribution < -0.4 is 0 Å². The quantitative estimate of drug-likeness (QED) is 0.532. The third-order valence-electron chi connectivity index (χ3n) is 2.75. The number of thiophene rings is 1. The topological polar surface area (TPSA) is 0 Å². The van der Waals surface area contributed by atoms with Gasteiger partial charge in [-0.05, 0) is 23.0 Å². The predicted octanol–water partition coefficient (Wildman–Crippen LogP) is 4.90. The Labute approximate surface area is 101 Å². The van der Waals surface area contributed by atoms with E-state index >= 15 is 0 Å². The van der Waals surface area contributed by atoms with Gasteiger partial charge in [-0.3, -0.25) is 0 Å². The van der Waals surface area contributed by atoms with E-state index in [1.807, 2.05) is 11.3 Å². The van der Waals surface area contributed by atoms with Crippen molar-refractivity contribution in [2.24, 2.45) is 0 Å². The van der Waals surface area contributed by atoms with Gasteiger partial charge in [-0.15, -0.1) is 20.6 Å². The van der Waals surface area contributed by atoms with Crippen molar-refractivity contribution in [1.82, 2.24) is 0 Å². The minimum absolute atomic E-state index is 1.05. The average molecular weight is 242 g/mol. The molecule has 0 saturated carbocycles. The highest BCUT2D eigenvalue weighted by Crippen LogP contribution is 2.38. The van der Waals surface area contributed by atoms with Crippen molar-refractivity contribution < 1.29 is 0 Å². The lowest BCUT2D eigenvalue weighted by atomic mass is 10.1. The minimum Gasteiger partial charge on any atom is -0.135 e. The Kier molecular flexibility index (Phi) is 2.31. The predicted molar refractivity (Wildman–Crippen MR) is 78.1 cm³/mol. The average Bonchev–Trinajstić information content (AvgIpc) is 2.66. The van der Waals surface area contributed by atoms with Crippen molar-refractivity contribution in [3.8, 4) is 0 Å². The third-order valence-corrected chi connectivity index (χ3v) is 4.20. The van der Waals surface area contributed by atoms with Crippen LogP contribution in [0, 0.1) is 0 Å². The summed E-state index contributed by atoms with van der Waals surface area (Å²) in [6.45, 7) is 4.03. The fraction of sp³-hybridized carbons (Fsp3) is 0. The molecule has 0 N–H and O–H groups in total. The van der Waals surface area contributed by atoms with Crippen molar-refractivity contribution in [2.75, 3.05) is 0 Å². The van der Waals surface area contributed by atoms with E-state index in [1.54, 1.807) is 0 Å². The summed E-state index contributed by atoms with van der Waals surface area (Å²) in [5.74, 6) is 0. The van der Waals surface area contributed by atoms with Crippen LogP contribution in [-0.4, -0.2) is 0 Å². The van der Waals surface area contributed by atoms with E-state index in [0.29, 0.717) is 0 Å². The highest BCUT2D eigenvalue weighted by atomic mass is 32.1. The second-order valence-electron chi connectivity index (χ2n) is 3.80. The van der Waals surface area contributed by atoms with Gasteiger partial charge in [0.25, 0.3) is 0 Å². The number of rotatable bonds is 1. The van der Waals surface area contributed by atoms with Gasteiger partial charge in [0.1, 0.15) is 0 Å². The maximum atomic E-state index is 4.03. The molecule has 0 aliphatic carbocycles. The number of hydrogen-bond donors (Lipinski definition) is 0. The molecule has 0 aliphatic rings. The van der Waals surface area contributed by atoms with E-state index in [-0.39, 0.29) is 0 Å². The van der Waals surface area contributed by atoms with E-state index in [2.05, 4.69) is 58.3 Å². The summed E-state index contributed by atoms with van der Waals surface area (Å²) >= 11 is 1.84. The largest absolute Gasteiger partial charge is 0.135 e. The monoisotopic (exact) mass is 242 g/mol. The summed E-state index contributed by atoms with van der Waals surface area (Å²) in [4.78, 5) is 0. The van der Waals surface area contributed by atoms with Crippen LogP contribution in [0.5, 0.6) is 0 Å². The number of fused-ring (bicyclic) bond motifs is 3. The molecule has 2 aromatic carbocycles. The maximum Gasteiger partial charge on any atom is 0.0361 e. The first kappa shape index (κ1) is 10.0. The number of hydrogen-bond acceptors (Lipinski definition) is 1. The lowest BCUT2D eigenvalue weighted by Gasteiger charge is -2.02. The highest BCUT2D eigenvalue weighted by Gasteiger charge is 2.08. The maximum absolute atomic E-state index is 4.03. The summed E-state index contributed by atoms with van der Waals surface area (Å²) in [5.41, 5.74) is 1.24. The van der Waals surface area contributed by atoms with Gasteiger partial charge in [0.15, 0.2) is 0 Å². The van der Waals surface area contributed by atoms with Gasteiger partial charge in [0.05, 0.1) is 0 Å². The summed E-state index contributed by atoms with van der Waals surface area (Å²) in [7, 11) is 2.70. The van der Waals surface area contributed by atoms with Crippen LogP contribution >= 0.6 is 20.6 Å². The molecule has 1 aromatic heterocycles. The van der Waals surface area contributed by atoms with Crippen LogP contribution in [0.25, 0.3) is 25.5 Å². The molecule has 2 heteroatoms. The summed E-state index contributed by atoms with van der Waals surface area (Å²) in [6.07, 6.45) is 0. The van der Waals surface area contributed by atoms with Crippen molar-refractivity contribution in [1.29, 1.82) is 0 Å². The third kappa shape index (κ3) is 1.40. The minimum atomic E-state index is 1.05. The Balaban J connectivity index is 2.57. The lowest BCUT2D eigenvalue weighted by molar-refractivity contribution is 1.78. The molecule has 0 bridgehead atoms. The zero-order valence-electron chi connectivity index (χ0n) is 8.73. The van der Waals surface area contributed by atoms with E-state index < -0.39 is 0 Å². The van der Waals surface area contributed by atoms with Crippen molar-refractivity contribution in [3.63, 3.8) is 0 Å². The molecular weight excluding hydrogens is 231 g/mol. The molecule has 78 valence electrons. The SMILES string of the molecule is C=C(P)c1cccc2sc3ccccc3c12. The molecule has 0 fully saturated rings. The second-order valence-corrected chi connectivity index (χ2v) is 5.58.